The minimum Gasteiger partial charge on any atom is -0.357 e. The molecule has 94 valence electrons. The molecule has 1 fully saturated rings. The van der Waals surface area contributed by atoms with Crippen molar-refractivity contribution in [1.29, 1.82) is 0 Å². The standard InChI is InChI=1S/C13H21N3O/c1-11-5-7-14-12(11)13(17)15-6-4-10-16-8-2-3-9-16/h5,7,14H,2-4,6,8-10H2,1H3,(H,15,17). The number of hydrogen-bond acceptors (Lipinski definition) is 2. The van der Waals surface area contributed by atoms with Gasteiger partial charge in [-0.15, -0.1) is 0 Å². The number of aryl methyl sites for hydroxylation is 1. The van der Waals surface area contributed by atoms with Gasteiger partial charge in [0.1, 0.15) is 5.69 Å². The molecule has 4 nitrogen and oxygen atoms in total. The summed E-state index contributed by atoms with van der Waals surface area (Å²) in [5, 5.41) is 2.95. The Morgan fingerprint density at radius 1 is 1.47 bits per heavy atom. The van der Waals surface area contributed by atoms with Gasteiger partial charge in [0.05, 0.1) is 0 Å². The van der Waals surface area contributed by atoms with Crippen LogP contribution in [-0.4, -0.2) is 42.0 Å². The lowest BCUT2D eigenvalue weighted by Crippen LogP contribution is -2.29. The fourth-order valence-electron chi connectivity index (χ4n) is 2.29. The second-order valence-electron chi connectivity index (χ2n) is 4.69. The molecule has 0 spiro atoms. The monoisotopic (exact) mass is 235 g/mol. The normalized spacial score (nSPS) is 16.3. The smallest absolute Gasteiger partial charge is 0.267 e. The number of H-pyrrole nitrogens is 1. The first kappa shape index (κ1) is 12.2. The molecule has 1 saturated heterocycles. The number of rotatable bonds is 5. The van der Waals surface area contributed by atoms with Crippen LogP contribution in [0.1, 0.15) is 35.3 Å². The number of carbonyl (C=O) groups excluding carboxylic acids is 1. The van der Waals surface area contributed by atoms with Gasteiger partial charge in [0, 0.05) is 12.7 Å². The Morgan fingerprint density at radius 2 is 2.24 bits per heavy atom. The Labute approximate surface area is 102 Å². The van der Waals surface area contributed by atoms with Crippen molar-refractivity contribution >= 4 is 5.91 Å². The Hall–Kier alpha value is -1.29. The zero-order chi connectivity index (χ0) is 12.1. The molecular formula is C13H21N3O. The van der Waals surface area contributed by atoms with Gasteiger partial charge >= 0.3 is 0 Å². The van der Waals surface area contributed by atoms with E-state index in [1.807, 2.05) is 13.0 Å². The van der Waals surface area contributed by atoms with E-state index >= 15 is 0 Å². The Balaban J connectivity index is 1.65. The summed E-state index contributed by atoms with van der Waals surface area (Å²) in [7, 11) is 0. The summed E-state index contributed by atoms with van der Waals surface area (Å²) in [5.74, 6) is 0.00826. The van der Waals surface area contributed by atoms with Crippen LogP contribution in [0, 0.1) is 6.92 Å². The van der Waals surface area contributed by atoms with Crippen LogP contribution >= 0.6 is 0 Å². The summed E-state index contributed by atoms with van der Waals surface area (Å²) < 4.78 is 0. The summed E-state index contributed by atoms with van der Waals surface area (Å²) in [6.07, 6.45) is 5.49. The van der Waals surface area contributed by atoms with Crippen LogP contribution in [0.4, 0.5) is 0 Å². The predicted octanol–water partition coefficient (Wildman–Crippen LogP) is 1.54. The number of aromatic nitrogens is 1. The Morgan fingerprint density at radius 3 is 2.88 bits per heavy atom. The van der Waals surface area contributed by atoms with E-state index in [0.717, 1.165) is 25.1 Å². The highest BCUT2D eigenvalue weighted by Crippen LogP contribution is 2.07. The van der Waals surface area contributed by atoms with Gasteiger partial charge in [-0.1, -0.05) is 0 Å². The molecule has 1 amide bonds. The van der Waals surface area contributed by atoms with E-state index in [4.69, 9.17) is 0 Å². The molecule has 4 heteroatoms. The third kappa shape index (κ3) is 3.33. The van der Waals surface area contributed by atoms with Gasteiger partial charge in [-0.2, -0.15) is 0 Å². The topological polar surface area (TPSA) is 48.1 Å². The molecule has 0 aliphatic carbocycles. The van der Waals surface area contributed by atoms with Crippen LogP contribution in [-0.2, 0) is 0 Å². The Kier molecular flexibility index (Phi) is 4.20. The molecule has 0 atom stereocenters. The lowest BCUT2D eigenvalue weighted by molar-refractivity contribution is 0.0947. The molecule has 1 aromatic rings. The number of nitrogens with one attached hydrogen (secondary N) is 2. The lowest BCUT2D eigenvalue weighted by Gasteiger charge is -2.14. The molecule has 0 saturated carbocycles. The number of amides is 1. The van der Waals surface area contributed by atoms with Gasteiger partial charge in [0.2, 0.25) is 0 Å². The first-order chi connectivity index (χ1) is 8.27. The number of likely N-dealkylation sites (tertiary alicyclic amines) is 1. The largest absolute Gasteiger partial charge is 0.357 e. The zero-order valence-corrected chi connectivity index (χ0v) is 10.5. The average molecular weight is 235 g/mol. The first-order valence-corrected chi connectivity index (χ1v) is 6.42. The van der Waals surface area contributed by atoms with Gasteiger partial charge < -0.3 is 15.2 Å². The van der Waals surface area contributed by atoms with E-state index in [1.165, 1.54) is 25.9 Å². The van der Waals surface area contributed by atoms with Gasteiger partial charge in [-0.25, -0.2) is 0 Å². The van der Waals surface area contributed by atoms with Gasteiger partial charge in [0.15, 0.2) is 0 Å². The quantitative estimate of drug-likeness (QED) is 0.761. The van der Waals surface area contributed by atoms with E-state index in [-0.39, 0.29) is 5.91 Å². The maximum Gasteiger partial charge on any atom is 0.267 e. The highest BCUT2D eigenvalue weighted by atomic mass is 16.1. The molecule has 1 aliphatic heterocycles. The van der Waals surface area contributed by atoms with Crippen molar-refractivity contribution in [1.82, 2.24) is 15.2 Å². The lowest BCUT2D eigenvalue weighted by atomic mass is 10.2. The summed E-state index contributed by atoms with van der Waals surface area (Å²) >= 11 is 0. The van der Waals surface area contributed by atoms with Crippen molar-refractivity contribution < 1.29 is 4.79 Å². The van der Waals surface area contributed by atoms with Crippen LogP contribution in [0.15, 0.2) is 12.3 Å². The van der Waals surface area contributed by atoms with Crippen molar-refractivity contribution in [2.45, 2.75) is 26.2 Å². The number of aromatic amines is 1. The highest BCUT2D eigenvalue weighted by Gasteiger charge is 2.11. The van der Waals surface area contributed by atoms with Gasteiger partial charge in [-0.05, 0) is 57.5 Å². The summed E-state index contributed by atoms with van der Waals surface area (Å²) in [6.45, 7) is 6.25. The van der Waals surface area contributed by atoms with E-state index in [2.05, 4.69) is 15.2 Å². The third-order valence-electron chi connectivity index (χ3n) is 3.32. The number of hydrogen-bond donors (Lipinski definition) is 2. The van der Waals surface area contributed by atoms with E-state index in [0.29, 0.717) is 5.69 Å². The number of carbonyl (C=O) groups is 1. The van der Waals surface area contributed by atoms with Crippen molar-refractivity contribution in [2.24, 2.45) is 0 Å². The number of nitrogens with zero attached hydrogens (tertiary/aromatic N) is 1. The molecule has 1 aromatic heterocycles. The van der Waals surface area contributed by atoms with Crippen molar-refractivity contribution in [2.75, 3.05) is 26.2 Å². The second-order valence-corrected chi connectivity index (χ2v) is 4.69. The van der Waals surface area contributed by atoms with Crippen molar-refractivity contribution in [3.63, 3.8) is 0 Å². The maximum absolute atomic E-state index is 11.8. The summed E-state index contributed by atoms with van der Waals surface area (Å²) in [5.41, 5.74) is 1.69. The molecule has 2 rings (SSSR count). The highest BCUT2D eigenvalue weighted by molar-refractivity contribution is 5.93. The fraction of sp³-hybridized carbons (Fsp3) is 0.615. The van der Waals surface area contributed by atoms with Crippen LogP contribution in [0.5, 0.6) is 0 Å². The third-order valence-corrected chi connectivity index (χ3v) is 3.32. The molecule has 0 bridgehead atoms. The maximum atomic E-state index is 11.8. The SMILES string of the molecule is Cc1cc[nH]c1C(=O)NCCCN1CCCC1. The molecule has 0 radical (unpaired) electrons. The minimum absolute atomic E-state index is 0.00826. The van der Waals surface area contributed by atoms with E-state index in [9.17, 15) is 4.79 Å². The average Bonchev–Trinajstić information content (AvgIpc) is 2.95. The summed E-state index contributed by atoms with van der Waals surface area (Å²) in [4.78, 5) is 17.2. The minimum atomic E-state index is 0.00826. The van der Waals surface area contributed by atoms with Crippen molar-refractivity contribution in [3.05, 3.63) is 23.5 Å². The van der Waals surface area contributed by atoms with Crippen LogP contribution < -0.4 is 5.32 Å². The molecule has 2 N–H and O–H groups in total. The molecule has 17 heavy (non-hydrogen) atoms. The van der Waals surface area contributed by atoms with Crippen molar-refractivity contribution in [3.8, 4) is 0 Å². The van der Waals surface area contributed by atoms with Crippen LogP contribution in [0.25, 0.3) is 0 Å². The fourth-order valence-corrected chi connectivity index (χ4v) is 2.29. The molecule has 0 aromatic carbocycles. The Bertz CT molecular complexity index is 366. The molecule has 2 heterocycles. The predicted molar refractivity (Wildman–Crippen MR) is 68.2 cm³/mol. The second kappa shape index (κ2) is 5.87. The molecule has 0 unspecified atom stereocenters. The van der Waals surface area contributed by atoms with Gasteiger partial charge in [-0.3, -0.25) is 4.79 Å². The van der Waals surface area contributed by atoms with Crippen LogP contribution in [0.3, 0.4) is 0 Å². The zero-order valence-electron chi connectivity index (χ0n) is 10.5. The molecule has 1 aliphatic rings. The molecular weight excluding hydrogens is 214 g/mol. The first-order valence-electron chi connectivity index (χ1n) is 6.42. The van der Waals surface area contributed by atoms with Crippen LogP contribution in [0.2, 0.25) is 0 Å². The van der Waals surface area contributed by atoms with E-state index in [1.54, 1.807) is 6.20 Å². The van der Waals surface area contributed by atoms with Gasteiger partial charge in [0.25, 0.3) is 5.91 Å². The summed E-state index contributed by atoms with van der Waals surface area (Å²) in [6, 6.07) is 1.92. The van der Waals surface area contributed by atoms with E-state index < -0.39 is 0 Å².